The maximum Gasteiger partial charge on any atom is 0.307 e. The fraction of sp³-hybridized carbons (Fsp3) is 0.235. The fourth-order valence-corrected chi connectivity index (χ4v) is 2.31. The minimum atomic E-state index is -0.465. The van der Waals surface area contributed by atoms with Gasteiger partial charge in [-0.2, -0.15) is 0 Å². The van der Waals surface area contributed by atoms with Crippen LogP contribution in [0.15, 0.2) is 53.7 Å². The lowest BCUT2D eigenvalue weighted by molar-refractivity contribution is -0.140. The number of nitrogens with one attached hydrogen (secondary N) is 1. The van der Waals surface area contributed by atoms with Crippen LogP contribution in [0.2, 0.25) is 0 Å². The number of esters is 1. The SMILES string of the molecule is COC(=O)CC(Nc1ccccc1OC)c1ccccc1N=O. The van der Waals surface area contributed by atoms with E-state index in [1.807, 2.05) is 18.2 Å². The van der Waals surface area contributed by atoms with Crippen LogP contribution in [0.3, 0.4) is 0 Å². The standard InChI is InChI=1S/C17H18N2O4/c1-22-16-10-6-5-9-14(16)18-15(11-17(20)23-2)12-7-3-4-8-13(12)19-21/h3-10,15,18H,11H2,1-2H3. The lowest BCUT2D eigenvalue weighted by atomic mass is 10.0. The molecule has 0 fully saturated rings. The van der Waals surface area contributed by atoms with Crippen LogP contribution in [0.5, 0.6) is 5.75 Å². The molecule has 6 heteroatoms. The molecule has 0 aliphatic rings. The van der Waals surface area contributed by atoms with Crippen LogP contribution in [-0.4, -0.2) is 20.2 Å². The zero-order valence-electron chi connectivity index (χ0n) is 13.0. The molecule has 0 spiro atoms. The monoisotopic (exact) mass is 314 g/mol. The minimum Gasteiger partial charge on any atom is -0.495 e. The Labute approximate surface area is 134 Å². The molecule has 0 heterocycles. The minimum absolute atomic E-state index is 0.0566. The highest BCUT2D eigenvalue weighted by atomic mass is 16.5. The van der Waals surface area contributed by atoms with Crippen molar-refractivity contribution >= 4 is 17.3 Å². The highest BCUT2D eigenvalue weighted by Gasteiger charge is 2.21. The third kappa shape index (κ3) is 4.06. The Kier molecular flexibility index (Phi) is 5.68. The van der Waals surface area contributed by atoms with Crippen LogP contribution in [0, 0.1) is 4.91 Å². The fourth-order valence-electron chi connectivity index (χ4n) is 2.31. The molecular formula is C17H18N2O4. The zero-order valence-corrected chi connectivity index (χ0v) is 13.0. The van der Waals surface area contributed by atoms with Crippen LogP contribution < -0.4 is 10.1 Å². The Morgan fingerprint density at radius 1 is 1.13 bits per heavy atom. The van der Waals surface area contributed by atoms with Gasteiger partial charge in [0.2, 0.25) is 0 Å². The second-order valence-corrected chi connectivity index (χ2v) is 4.83. The molecule has 0 amide bonds. The molecular weight excluding hydrogens is 296 g/mol. The lowest BCUT2D eigenvalue weighted by Crippen LogP contribution is -2.17. The first-order valence-electron chi connectivity index (χ1n) is 7.08. The molecule has 2 aromatic carbocycles. The maximum atomic E-state index is 11.7. The van der Waals surface area contributed by atoms with E-state index in [4.69, 9.17) is 9.47 Å². The number of methoxy groups -OCH3 is 2. The van der Waals surface area contributed by atoms with Crippen LogP contribution in [0.25, 0.3) is 0 Å². The first kappa shape index (κ1) is 16.5. The Morgan fingerprint density at radius 2 is 1.83 bits per heavy atom. The lowest BCUT2D eigenvalue weighted by Gasteiger charge is -2.21. The molecule has 23 heavy (non-hydrogen) atoms. The zero-order chi connectivity index (χ0) is 16.7. The Hall–Kier alpha value is -2.89. The first-order chi connectivity index (χ1) is 11.2. The van der Waals surface area contributed by atoms with Gasteiger partial charge in [-0.25, -0.2) is 0 Å². The number of hydrogen-bond acceptors (Lipinski definition) is 6. The summed E-state index contributed by atoms with van der Waals surface area (Å²) in [4.78, 5) is 22.8. The molecule has 2 rings (SSSR count). The molecule has 0 saturated heterocycles. The summed E-state index contributed by atoms with van der Waals surface area (Å²) in [7, 11) is 2.89. The highest BCUT2D eigenvalue weighted by Crippen LogP contribution is 2.33. The molecule has 1 N–H and O–H groups in total. The Morgan fingerprint density at radius 3 is 2.52 bits per heavy atom. The van der Waals surface area contributed by atoms with Crippen molar-refractivity contribution in [3.05, 3.63) is 59.0 Å². The van der Waals surface area contributed by atoms with Gasteiger partial charge in [0.1, 0.15) is 11.4 Å². The summed E-state index contributed by atoms with van der Waals surface area (Å²) in [6, 6.07) is 13.7. The third-order valence-corrected chi connectivity index (χ3v) is 3.45. The molecule has 0 bridgehead atoms. The average molecular weight is 314 g/mol. The number of hydrogen-bond donors (Lipinski definition) is 1. The van der Waals surface area contributed by atoms with E-state index in [1.54, 1.807) is 37.4 Å². The quantitative estimate of drug-likeness (QED) is 0.621. The summed E-state index contributed by atoms with van der Waals surface area (Å²) < 4.78 is 10.1. The van der Waals surface area contributed by atoms with Crippen LogP contribution in [0.4, 0.5) is 11.4 Å². The van der Waals surface area contributed by atoms with Gasteiger partial charge in [0.05, 0.1) is 32.4 Å². The van der Waals surface area contributed by atoms with Gasteiger partial charge in [0.15, 0.2) is 0 Å². The van der Waals surface area contributed by atoms with E-state index in [0.717, 1.165) is 0 Å². The molecule has 0 aliphatic heterocycles. The van der Waals surface area contributed by atoms with Crippen molar-refractivity contribution in [2.75, 3.05) is 19.5 Å². The van der Waals surface area contributed by atoms with Crippen molar-refractivity contribution in [2.45, 2.75) is 12.5 Å². The number of nitrogens with zero attached hydrogens (tertiary/aromatic N) is 1. The second-order valence-electron chi connectivity index (χ2n) is 4.83. The van der Waals surface area contributed by atoms with E-state index in [2.05, 4.69) is 10.5 Å². The maximum absolute atomic E-state index is 11.7. The second kappa shape index (κ2) is 7.93. The number of nitroso groups, excluding NO2 is 1. The number of ether oxygens (including phenoxy) is 2. The molecule has 0 aromatic heterocycles. The summed E-state index contributed by atoms with van der Waals surface area (Å²) >= 11 is 0. The van der Waals surface area contributed by atoms with E-state index in [9.17, 15) is 9.70 Å². The smallest absolute Gasteiger partial charge is 0.307 e. The van der Waals surface area contributed by atoms with E-state index in [-0.39, 0.29) is 12.1 Å². The van der Waals surface area contributed by atoms with E-state index in [1.165, 1.54) is 7.11 Å². The van der Waals surface area contributed by atoms with Gasteiger partial charge in [-0.05, 0) is 23.4 Å². The van der Waals surface area contributed by atoms with Gasteiger partial charge in [-0.1, -0.05) is 30.3 Å². The Bertz CT molecular complexity index is 688. The number of carbonyl (C=O) groups is 1. The molecule has 0 aliphatic carbocycles. The predicted molar refractivity (Wildman–Crippen MR) is 87.9 cm³/mol. The van der Waals surface area contributed by atoms with Gasteiger partial charge in [0.25, 0.3) is 0 Å². The van der Waals surface area contributed by atoms with Crippen molar-refractivity contribution < 1.29 is 14.3 Å². The summed E-state index contributed by atoms with van der Waals surface area (Å²) in [6.07, 6.45) is 0.0566. The third-order valence-electron chi connectivity index (χ3n) is 3.45. The highest BCUT2D eigenvalue weighted by molar-refractivity contribution is 5.72. The Balaban J connectivity index is 2.38. The van der Waals surface area contributed by atoms with Gasteiger partial charge >= 0.3 is 5.97 Å². The largest absolute Gasteiger partial charge is 0.495 e. The topological polar surface area (TPSA) is 77.0 Å². The van der Waals surface area contributed by atoms with E-state index < -0.39 is 12.0 Å². The molecule has 6 nitrogen and oxygen atoms in total. The van der Waals surface area contributed by atoms with Crippen molar-refractivity contribution in [1.29, 1.82) is 0 Å². The first-order valence-corrected chi connectivity index (χ1v) is 7.08. The summed E-state index contributed by atoms with van der Waals surface area (Å²) in [5.41, 5.74) is 1.62. The van der Waals surface area contributed by atoms with Crippen molar-refractivity contribution in [3.8, 4) is 5.75 Å². The van der Waals surface area contributed by atoms with Gasteiger partial charge in [0, 0.05) is 5.56 Å². The van der Waals surface area contributed by atoms with Gasteiger partial charge < -0.3 is 14.8 Å². The van der Waals surface area contributed by atoms with Gasteiger partial charge in [-0.3, -0.25) is 4.79 Å². The molecule has 1 atom stereocenters. The van der Waals surface area contributed by atoms with Crippen molar-refractivity contribution in [3.63, 3.8) is 0 Å². The van der Waals surface area contributed by atoms with Crippen molar-refractivity contribution in [2.24, 2.45) is 5.18 Å². The number of anilines is 1. The molecule has 0 radical (unpaired) electrons. The number of benzene rings is 2. The molecule has 120 valence electrons. The van der Waals surface area contributed by atoms with Crippen molar-refractivity contribution in [1.82, 2.24) is 0 Å². The molecule has 2 aromatic rings. The van der Waals surface area contributed by atoms with E-state index in [0.29, 0.717) is 17.0 Å². The van der Waals surface area contributed by atoms with Crippen LogP contribution in [0.1, 0.15) is 18.0 Å². The predicted octanol–water partition coefficient (Wildman–Crippen LogP) is 3.81. The summed E-state index contributed by atoms with van der Waals surface area (Å²) in [6.45, 7) is 0. The van der Waals surface area contributed by atoms with E-state index >= 15 is 0 Å². The van der Waals surface area contributed by atoms with Crippen LogP contribution >= 0.6 is 0 Å². The normalized spacial score (nSPS) is 11.4. The number of carbonyl (C=O) groups excluding carboxylic acids is 1. The van der Waals surface area contributed by atoms with Crippen LogP contribution in [-0.2, 0) is 9.53 Å². The molecule has 0 saturated carbocycles. The molecule has 1 unspecified atom stereocenters. The van der Waals surface area contributed by atoms with Gasteiger partial charge in [-0.15, -0.1) is 4.91 Å². The number of rotatable bonds is 7. The average Bonchev–Trinajstić information content (AvgIpc) is 2.61. The number of para-hydroxylation sites is 2. The summed E-state index contributed by atoms with van der Waals surface area (Å²) in [5.74, 6) is 0.247. The summed E-state index contributed by atoms with van der Waals surface area (Å²) in [5, 5.41) is 6.27.